The Kier molecular flexibility index (Phi) is 6.74. The molecule has 0 aliphatic heterocycles. The SMILES string of the molecule is C=CCn1c(CCC2CCCCC2)nnc1SCc1ccccc1C. The van der Waals surface area contributed by atoms with E-state index in [0.29, 0.717) is 0 Å². The zero-order valence-corrected chi connectivity index (χ0v) is 16.1. The molecule has 3 rings (SSSR count). The molecule has 0 saturated heterocycles. The lowest BCUT2D eigenvalue weighted by Crippen LogP contribution is -2.10. The Hall–Kier alpha value is -1.55. The monoisotopic (exact) mass is 355 g/mol. The van der Waals surface area contributed by atoms with E-state index in [-0.39, 0.29) is 0 Å². The fraction of sp³-hybridized carbons (Fsp3) is 0.524. The van der Waals surface area contributed by atoms with Gasteiger partial charge in [-0.25, -0.2) is 0 Å². The predicted octanol–water partition coefficient (Wildman–Crippen LogP) is 5.58. The molecule has 3 nitrogen and oxygen atoms in total. The summed E-state index contributed by atoms with van der Waals surface area (Å²) in [6, 6.07) is 8.56. The molecular formula is C21H29N3S. The van der Waals surface area contributed by atoms with Gasteiger partial charge in [0, 0.05) is 18.7 Å². The average molecular weight is 356 g/mol. The highest BCUT2D eigenvalue weighted by Gasteiger charge is 2.17. The third-order valence-corrected chi connectivity index (χ3v) is 6.24. The molecule has 4 heteroatoms. The number of nitrogens with zero attached hydrogens (tertiary/aromatic N) is 3. The van der Waals surface area contributed by atoms with Crippen molar-refractivity contribution in [3.8, 4) is 0 Å². The van der Waals surface area contributed by atoms with E-state index < -0.39 is 0 Å². The first-order valence-electron chi connectivity index (χ1n) is 9.48. The molecule has 1 aliphatic rings. The smallest absolute Gasteiger partial charge is 0.191 e. The summed E-state index contributed by atoms with van der Waals surface area (Å²) >= 11 is 1.78. The highest BCUT2D eigenvalue weighted by atomic mass is 32.2. The summed E-state index contributed by atoms with van der Waals surface area (Å²) < 4.78 is 2.25. The van der Waals surface area contributed by atoms with Crippen LogP contribution in [0.3, 0.4) is 0 Å². The molecule has 0 radical (unpaired) electrons. The van der Waals surface area contributed by atoms with Crippen molar-refractivity contribution in [3.63, 3.8) is 0 Å². The Morgan fingerprint density at radius 1 is 1.20 bits per heavy atom. The van der Waals surface area contributed by atoms with E-state index in [4.69, 9.17) is 0 Å². The third kappa shape index (κ3) is 4.97. The van der Waals surface area contributed by atoms with E-state index in [1.165, 1.54) is 49.7 Å². The summed E-state index contributed by atoms with van der Waals surface area (Å²) in [6.45, 7) is 6.88. The van der Waals surface area contributed by atoms with Gasteiger partial charge in [-0.3, -0.25) is 0 Å². The summed E-state index contributed by atoms with van der Waals surface area (Å²) in [7, 11) is 0. The van der Waals surface area contributed by atoms with Gasteiger partial charge in [0.2, 0.25) is 0 Å². The Balaban J connectivity index is 1.64. The summed E-state index contributed by atoms with van der Waals surface area (Å²) in [5, 5.41) is 9.99. The zero-order chi connectivity index (χ0) is 17.5. The molecule has 0 N–H and O–H groups in total. The minimum atomic E-state index is 0.795. The minimum Gasteiger partial charge on any atom is -0.302 e. The van der Waals surface area contributed by atoms with Crippen LogP contribution in [-0.2, 0) is 18.7 Å². The van der Waals surface area contributed by atoms with Gasteiger partial charge in [-0.2, -0.15) is 0 Å². The summed E-state index contributed by atoms with van der Waals surface area (Å²) in [5.74, 6) is 2.94. The molecule has 1 aromatic heterocycles. The number of benzene rings is 1. The largest absolute Gasteiger partial charge is 0.302 e. The third-order valence-electron chi connectivity index (χ3n) is 5.22. The molecule has 0 amide bonds. The predicted molar refractivity (Wildman–Crippen MR) is 106 cm³/mol. The van der Waals surface area contributed by atoms with Crippen LogP contribution in [0.5, 0.6) is 0 Å². The standard InChI is InChI=1S/C21H29N3S/c1-3-15-24-20(14-13-18-10-5-4-6-11-18)22-23-21(24)25-16-19-12-8-7-9-17(19)2/h3,7-9,12,18H,1,4-6,10-11,13-16H2,2H3. The maximum Gasteiger partial charge on any atom is 0.191 e. The van der Waals surface area contributed by atoms with Crippen LogP contribution in [-0.4, -0.2) is 14.8 Å². The molecule has 1 aliphatic carbocycles. The van der Waals surface area contributed by atoms with Crippen molar-refractivity contribution in [1.29, 1.82) is 0 Å². The fourth-order valence-corrected chi connectivity index (χ4v) is 4.69. The van der Waals surface area contributed by atoms with Gasteiger partial charge >= 0.3 is 0 Å². The molecular weight excluding hydrogens is 326 g/mol. The second kappa shape index (κ2) is 9.23. The number of rotatable bonds is 8. The maximum absolute atomic E-state index is 4.50. The molecule has 134 valence electrons. The van der Waals surface area contributed by atoms with Crippen LogP contribution in [0.1, 0.15) is 55.5 Å². The van der Waals surface area contributed by atoms with Crippen LogP contribution in [0.2, 0.25) is 0 Å². The van der Waals surface area contributed by atoms with Crippen LogP contribution in [0.15, 0.2) is 42.1 Å². The highest BCUT2D eigenvalue weighted by molar-refractivity contribution is 7.98. The summed E-state index contributed by atoms with van der Waals surface area (Å²) in [5.41, 5.74) is 2.70. The molecule has 1 fully saturated rings. The average Bonchev–Trinajstić information content (AvgIpc) is 3.02. The Morgan fingerprint density at radius 3 is 2.76 bits per heavy atom. The number of hydrogen-bond donors (Lipinski definition) is 0. The van der Waals surface area contributed by atoms with Crippen molar-refractivity contribution in [3.05, 3.63) is 53.9 Å². The molecule has 1 aromatic carbocycles. The van der Waals surface area contributed by atoms with E-state index in [1.54, 1.807) is 11.8 Å². The molecule has 0 unspecified atom stereocenters. The Bertz CT molecular complexity index is 686. The normalized spacial score (nSPS) is 15.4. The van der Waals surface area contributed by atoms with Crippen LogP contribution < -0.4 is 0 Å². The van der Waals surface area contributed by atoms with Gasteiger partial charge in [-0.05, 0) is 30.4 Å². The van der Waals surface area contributed by atoms with Gasteiger partial charge in [0.1, 0.15) is 5.82 Å². The number of allylic oxidation sites excluding steroid dienone is 1. The first-order chi connectivity index (χ1) is 12.3. The number of thioether (sulfide) groups is 1. The molecule has 1 saturated carbocycles. The van der Waals surface area contributed by atoms with Gasteiger partial charge in [-0.1, -0.05) is 74.2 Å². The van der Waals surface area contributed by atoms with Gasteiger partial charge in [0.25, 0.3) is 0 Å². The molecule has 0 spiro atoms. The van der Waals surface area contributed by atoms with Crippen molar-refractivity contribution >= 4 is 11.8 Å². The van der Waals surface area contributed by atoms with E-state index in [2.05, 4.69) is 52.5 Å². The lowest BCUT2D eigenvalue weighted by atomic mass is 9.86. The Labute approximate surface area is 155 Å². The van der Waals surface area contributed by atoms with Crippen LogP contribution in [0.25, 0.3) is 0 Å². The first-order valence-corrected chi connectivity index (χ1v) is 10.5. The van der Waals surface area contributed by atoms with E-state index in [1.807, 2.05) is 6.08 Å². The van der Waals surface area contributed by atoms with Gasteiger partial charge in [0.15, 0.2) is 5.16 Å². The Morgan fingerprint density at radius 2 is 2.00 bits per heavy atom. The minimum absolute atomic E-state index is 0.795. The molecule has 0 bridgehead atoms. The van der Waals surface area contributed by atoms with Crippen molar-refractivity contribution in [2.75, 3.05) is 0 Å². The maximum atomic E-state index is 4.50. The van der Waals surface area contributed by atoms with Crippen LogP contribution in [0, 0.1) is 12.8 Å². The summed E-state index contributed by atoms with van der Waals surface area (Å²) in [6.07, 6.45) is 11.3. The number of hydrogen-bond acceptors (Lipinski definition) is 3. The van der Waals surface area contributed by atoms with Crippen molar-refractivity contribution < 1.29 is 0 Å². The second-order valence-electron chi connectivity index (χ2n) is 7.06. The molecule has 25 heavy (non-hydrogen) atoms. The number of aryl methyl sites for hydroxylation is 2. The molecule has 1 heterocycles. The van der Waals surface area contributed by atoms with E-state index in [0.717, 1.165) is 35.6 Å². The van der Waals surface area contributed by atoms with Crippen molar-refractivity contribution in [1.82, 2.24) is 14.8 Å². The quantitative estimate of drug-likeness (QED) is 0.457. The van der Waals surface area contributed by atoms with Gasteiger partial charge in [0.05, 0.1) is 0 Å². The fourth-order valence-electron chi connectivity index (χ4n) is 3.65. The van der Waals surface area contributed by atoms with Crippen molar-refractivity contribution in [2.24, 2.45) is 5.92 Å². The molecule has 2 aromatic rings. The van der Waals surface area contributed by atoms with Gasteiger partial charge < -0.3 is 4.57 Å². The van der Waals surface area contributed by atoms with Gasteiger partial charge in [-0.15, -0.1) is 16.8 Å². The number of aromatic nitrogens is 3. The topological polar surface area (TPSA) is 30.7 Å². The van der Waals surface area contributed by atoms with E-state index in [9.17, 15) is 0 Å². The lowest BCUT2D eigenvalue weighted by Gasteiger charge is -2.21. The van der Waals surface area contributed by atoms with Crippen LogP contribution >= 0.6 is 11.8 Å². The molecule has 0 atom stereocenters. The second-order valence-corrected chi connectivity index (χ2v) is 8.00. The van der Waals surface area contributed by atoms with Crippen LogP contribution in [0.4, 0.5) is 0 Å². The lowest BCUT2D eigenvalue weighted by molar-refractivity contribution is 0.336. The first kappa shape index (κ1) is 18.2. The zero-order valence-electron chi connectivity index (χ0n) is 15.3. The highest BCUT2D eigenvalue weighted by Crippen LogP contribution is 2.28. The summed E-state index contributed by atoms with van der Waals surface area (Å²) in [4.78, 5) is 0. The van der Waals surface area contributed by atoms with Crippen molar-refractivity contribution in [2.45, 2.75) is 69.3 Å². The van der Waals surface area contributed by atoms with E-state index >= 15 is 0 Å².